The minimum Gasteiger partial charge on any atom is -0.504 e. The second kappa shape index (κ2) is 5.87. The molecular formula is C17H15F3N2O3. The number of aryl methyl sites for hydroxylation is 1. The average molecular weight is 352 g/mol. The maximum Gasteiger partial charge on any atom is 0.411 e. The SMILES string of the molecule is Cc1cccc(C2=NN(c3cc(O)c(O)c(O)c3)C(C(F)(F)F)C2)c1. The highest BCUT2D eigenvalue weighted by molar-refractivity contribution is 6.03. The Kier molecular flexibility index (Phi) is 3.98. The first-order valence-corrected chi connectivity index (χ1v) is 7.42. The number of phenols is 3. The van der Waals surface area contributed by atoms with E-state index in [2.05, 4.69) is 5.10 Å². The molecule has 3 rings (SSSR count). The molecule has 0 radical (unpaired) electrons. The summed E-state index contributed by atoms with van der Waals surface area (Å²) in [4.78, 5) is 0. The molecule has 1 unspecified atom stereocenters. The van der Waals surface area contributed by atoms with Gasteiger partial charge in [0.15, 0.2) is 23.3 Å². The highest BCUT2D eigenvalue weighted by Crippen LogP contribution is 2.43. The van der Waals surface area contributed by atoms with Crippen LogP contribution in [-0.2, 0) is 0 Å². The lowest BCUT2D eigenvalue weighted by molar-refractivity contribution is -0.145. The van der Waals surface area contributed by atoms with Gasteiger partial charge in [0.05, 0.1) is 11.4 Å². The molecule has 0 aromatic heterocycles. The third-order valence-electron chi connectivity index (χ3n) is 3.96. The van der Waals surface area contributed by atoms with Crippen LogP contribution in [0.1, 0.15) is 17.5 Å². The van der Waals surface area contributed by atoms with Gasteiger partial charge in [-0.1, -0.05) is 29.8 Å². The summed E-state index contributed by atoms with van der Waals surface area (Å²) in [6.07, 6.45) is -4.94. The lowest BCUT2D eigenvalue weighted by Gasteiger charge is -2.25. The van der Waals surface area contributed by atoms with Gasteiger partial charge in [-0.15, -0.1) is 0 Å². The summed E-state index contributed by atoms with van der Waals surface area (Å²) in [5.41, 5.74) is 1.54. The minimum absolute atomic E-state index is 0.169. The van der Waals surface area contributed by atoms with Gasteiger partial charge in [-0.2, -0.15) is 18.3 Å². The fraction of sp³-hybridized carbons (Fsp3) is 0.235. The van der Waals surface area contributed by atoms with E-state index in [9.17, 15) is 28.5 Å². The number of anilines is 1. The van der Waals surface area contributed by atoms with Crippen molar-refractivity contribution in [2.75, 3.05) is 5.01 Å². The zero-order valence-corrected chi connectivity index (χ0v) is 13.1. The fourth-order valence-electron chi connectivity index (χ4n) is 2.72. The lowest BCUT2D eigenvalue weighted by Crippen LogP contribution is -2.40. The molecule has 132 valence electrons. The lowest BCUT2D eigenvalue weighted by atomic mass is 10.0. The van der Waals surface area contributed by atoms with Crippen LogP contribution in [-0.4, -0.2) is 33.2 Å². The van der Waals surface area contributed by atoms with E-state index in [-0.39, 0.29) is 17.8 Å². The largest absolute Gasteiger partial charge is 0.504 e. The van der Waals surface area contributed by atoms with Crippen molar-refractivity contribution in [3.05, 3.63) is 47.5 Å². The second-order valence-electron chi connectivity index (χ2n) is 5.85. The highest BCUT2D eigenvalue weighted by atomic mass is 19.4. The number of phenolic OH excluding ortho intramolecular Hbond substituents is 3. The highest BCUT2D eigenvalue weighted by Gasteiger charge is 2.48. The van der Waals surface area contributed by atoms with Gasteiger partial charge in [0.25, 0.3) is 0 Å². The maximum absolute atomic E-state index is 13.5. The van der Waals surface area contributed by atoms with Crippen molar-refractivity contribution in [1.29, 1.82) is 0 Å². The molecule has 1 heterocycles. The number of nitrogens with zero attached hydrogens (tertiary/aromatic N) is 2. The number of alkyl halides is 3. The van der Waals surface area contributed by atoms with Gasteiger partial charge in [0, 0.05) is 18.6 Å². The molecule has 0 spiro atoms. The predicted molar refractivity (Wildman–Crippen MR) is 86.1 cm³/mol. The van der Waals surface area contributed by atoms with E-state index < -0.39 is 29.5 Å². The van der Waals surface area contributed by atoms with Gasteiger partial charge in [-0.05, 0) is 12.5 Å². The molecule has 0 aliphatic carbocycles. The van der Waals surface area contributed by atoms with Crippen molar-refractivity contribution < 1.29 is 28.5 Å². The van der Waals surface area contributed by atoms with Crippen LogP contribution in [0.25, 0.3) is 0 Å². The Balaban J connectivity index is 2.07. The molecule has 3 N–H and O–H groups in total. The summed E-state index contributed by atoms with van der Waals surface area (Å²) < 4.78 is 40.4. The molecule has 2 aromatic carbocycles. The van der Waals surface area contributed by atoms with E-state index in [1.807, 2.05) is 13.0 Å². The van der Waals surface area contributed by atoms with Crippen LogP contribution in [0.4, 0.5) is 18.9 Å². The number of hydrogen-bond donors (Lipinski definition) is 3. The molecule has 2 aromatic rings. The van der Waals surface area contributed by atoms with Crippen molar-refractivity contribution in [3.8, 4) is 17.2 Å². The number of hydrogen-bond acceptors (Lipinski definition) is 5. The summed E-state index contributed by atoms with van der Waals surface area (Å²) in [6, 6.07) is 6.89. The van der Waals surface area contributed by atoms with Crippen LogP contribution in [0.5, 0.6) is 17.2 Å². The molecule has 25 heavy (non-hydrogen) atoms. The Bertz CT molecular complexity index is 826. The van der Waals surface area contributed by atoms with Gasteiger partial charge >= 0.3 is 6.18 Å². The Morgan fingerprint density at radius 2 is 1.72 bits per heavy atom. The Labute approximate surface area is 141 Å². The van der Waals surface area contributed by atoms with Crippen molar-refractivity contribution in [1.82, 2.24) is 0 Å². The average Bonchev–Trinajstić information content (AvgIpc) is 2.97. The number of hydrazone groups is 1. The summed E-state index contributed by atoms with van der Waals surface area (Å²) in [5, 5.41) is 33.3. The second-order valence-corrected chi connectivity index (χ2v) is 5.85. The van der Waals surface area contributed by atoms with E-state index in [1.54, 1.807) is 18.2 Å². The molecule has 1 aliphatic heterocycles. The van der Waals surface area contributed by atoms with Crippen LogP contribution >= 0.6 is 0 Å². The third-order valence-corrected chi connectivity index (χ3v) is 3.96. The predicted octanol–water partition coefficient (Wildman–Crippen LogP) is 3.66. The quantitative estimate of drug-likeness (QED) is 0.721. The van der Waals surface area contributed by atoms with Crippen molar-refractivity contribution in [2.45, 2.75) is 25.6 Å². The fourth-order valence-corrected chi connectivity index (χ4v) is 2.72. The number of halogens is 3. The molecule has 0 amide bonds. The monoisotopic (exact) mass is 352 g/mol. The van der Waals surface area contributed by atoms with E-state index in [4.69, 9.17) is 0 Å². The Morgan fingerprint density at radius 3 is 2.28 bits per heavy atom. The zero-order chi connectivity index (χ0) is 18.4. The van der Waals surface area contributed by atoms with Gasteiger partial charge in [0.2, 0.25) is 0 Å². The van der Waals surface area contributed by atoms with Crippen LogP contribution in [0, 0.1) is 6.92 Å². The van der Waals surface area contributed by atoms with E-state index >= 15 is 0 Å². The topological polar surface area (TPSA) is 76.3 Å². The maximum atomic E-state index is 13.5. The van der Waals surface area contributed by atoms with Gasteiger partial charge in [-0.25, -0.2) is 0 Å². The Morgan fingerprint density at radius 1 is 1.08 bits per heavy atom. The molecule has 0 fully saturated rings. The van der Waals surface area contributed by atoms with Gasteiger partial charge in [0.1, 0.15) is 0 Å². The molecule has 5 nitrogen and oxygen atoms in total. The smallest absolute Gasteiger partial charge is 0.411 e. The molecule has 8 heteroatoms. The van der Waals surface area contributed by atoms with Crippen LogP contribution < -0.4 is 5.01 Å². The summed E-state index contributed by atoms with van der Waals surface area (Å²) in [5.74, 6) is -2.25. The van der Waals surface area contributed by atoms with Crippen LogP contribution in [0.2, 0.25) is 0 Å². The Hall–Kier alpha value is -2.90. The summed E-state index contributed by atoms with van der Waals surface area (Å²) in [7, 11) is 0. The first-order valence-electron chi connectivity index (χ1n) is 7.42. The minimum atomic E-state index is -4.57. The molecular weight excluding hydrogens is 337 g/mol. The summed E-state index contributed by atoms with van der Waals surface area (Å²) in [6.45, 7) is 1.83. The summed E-state index contributed by atoms with van der Waals surface area (Å²) >= 11 is 0. The standard InChI is InChI=1S/C17H15F3N2O3/c1-9-3-2-4-10(5-9)12-8-15(17(18,19)20)22(21-12)11-6-13(23)16(25)14(24)7-11/h2-7,15,23-25H,8H2,1H3. The van der Waals surface area contributed by atoms with Crippen molar-refractivity contribution >= 4 is 11.4 Å². The van der Waals surface area contributed by atoms with Gasteiger partial charge < -0.3 is 15.3 Å². The van der Waals surface area contributed by atoms with E-state index in [0.717, 1.165) is 17.7 Å². The van der Waals surface area contributed by atoms with Crippen molar-refractivity contribution in [2.24, 2.45) is 5.10 Å². The first-order chi connectivity index (χ1) is 11.7. The van der Waals surface area contributed by atoms with E-state index in [0.29, 0.717) is 10.6 Å². The van der Waals surface area contributed by atoms with Gasteiger partial charge in [-0.3, -0.25) is 5.01 Å². The van der Waals surface area contributed by atoms with Crippen molar-refractivity contribution in [3.63, 3.8) is 0 Å². The third kappa shape index (κ3) is 3.19. The van der Waals surface area contributed by atoms with Crippen LogP contribution in [0.3, 0.4) is 0 Å². The molecule has 0 bridgehead atoms. The number of rotatable bonds is 2. The molecule has 0 saturated carbocycles. The number of aromatic hydroxyl groups is 3. The molecule has 0 saturated heterocycles. The zero-order valence-electron chi connectivity index (χ0n) is 13.1. The normalized spacial score (nSPS) is 17.7. The molecule has 1 atom stereocenters. The molecule has 1 aliphatic rings. The first kappa shape index (κ1) is 16.9. The van der Waals surface area contributed by atoms with Crippen LogP contribution in [0.15, 0.2) is 41.5 Å². The van der Waals surface area contributed by atoms with E-state index in [1.165, 1.54) is 0 Å². The number of benzene rings is 2.